The third-order valence-corrected chi connectivity index (χ3v) is 6.09. The van der Waals surface area contributed by atoms with Crippen LogP contribution in [0.5, 0.6) is 0 Å². The zero-order chi connectivity index (χ0) is 21.0. The van der Waals surface area contributed by atoms with E-state index < -0.39 is 28.3 Å². The second-order valence-electron chi connectivity index (χ2n) is 6.01. The molecule has 0 aliphatic heterocycles. The van der Waals surface area contributed by atoms with Crippen molar-refractivity contribution >= 4 is 50.5 Å². The molecule has 1 amide bonds. The molecule has 0 fully saturated rings. The number of hydrogen-bond acceptors (Lipinski definition) is 3. The Morgan fingerprint density at radius 3 is 2.21 bits per heavy atom. The SMILES string of the molecule is O=C(CN(c1cc(Cl)cc(Cl)c1)S(=O)(=O)c1ccccc1)Nc1cccc(F)c1. The summed E-state index contributed by atoms with van der Waals surface area (Å²) in [6.07, 6.45) is 0. The van der Waals surface area contributed by atoms with Gasteiger partial charge in [-0.2, -0.15) is 0 Å². The van der Waals surface area contributed by atoms with E-state index in [1.807, 2.05) is 0 Å². The molecule has 0 saturated heterocycles. The van der Waals surface area contributed by atoms with E-state index in [9.17, 15) is 17.6 Å². The average molecular weight is 453 g/mol. The van der Waals surface area contributed by atoms with E-state index in [1.54, 1.807) is 18.2 Å². The molecule has 5 nitrogen and oxygen atoms in total. The minimum absolute atomic E-state index is 0.00495. The van der Waals surface area contributed by atoms with Gasteiger partial charge in [-0.25, -0.2) is 12.8 Å². The first-order valence-electron chi connectivity index (χ1n) is 8.35. The number of anilines is 2. The fourth-order valence-electron chi connectivity index (χ4n) is 2.62. The van der Waals surface area contributed by atoms with E-state index in [-0.39, 0.29) is 26.3 Å². The number of rotatable bonds is 6. The quantitative estimate of drug-likeness (QED) is 0.574. The molecule has 3 aromatic rings. The summed E-state index contributed by atoms with van der Waals surface area (Å²) in [7, 11) is -4.10. The topological polar surface area (TPSA) is 66.5 Å². The number of nitrogens with zero attached hydrogens (tertiary/aromatic N) is 1. The number of carbonyl (C=O) groups is 1. The fraction of sp³-hybridized carbons (Fsp3) is 0.0500. The summed E-state index contributed by atoms with van der Waals surface area (Å²) in [6.45, 7) is -0.565. The highest BCUT2D eigenvalue weighted by Gasteiger charge is 2.27. The first kappa shape index (κ1) is 21.1. The van der Waals surface area contributed by atoms with E-state index >= 15 is 0 Å². The highest BCUT2D eigenvalue weighted by atomic mass is 35.5. The molecular weight excluding hydrogens is 438 g/mol. The van der Waals surface area contributed by atoms with Crippen LogP contribution in [0.1, 0.15) is 0 Å². The molecule has 3 aromatic carbocycles. The van der Waals surface area contributed by atoms with Gasteiger partial charge in [0, 0.05) is 15.7 Å². The van der Waals surface area contributed by atoms with Gasteiger partial charge in [0.05, 0.1) is 10.6 Å². The third-order valence-electron chi connectivity index (χ3n) is 3.86. The maximum absolute atomic E-state index is 13.4. The van der Waals surface area contributed by atoms with E-state index in [1.165, 1.54) is 48.5 Å². The van der Waals surface area contributed by atoms with Crippen LogP contribution < -0.4 is 9.62 Å². The minimum atomic E-state index is -4.10. The molecule has 29 heavy (non-hydrogen) atoms. The summed E-state index contributed by atoms with van der Waals surface area (Å²) in [5, 5.41) is 2.91. The van der Waals surface area contributed by atoms with Crippen molar-refractivity contribution in [3.63, 3.8) is 0 Å². The molecule has 150 valence electrons. The molecule has 0 bridgehead atoms. The monoisotopic (exact) mass is 452 g/mol. The first-order valence-corrected chi connectivity index (χ1v) is 10.5. The Kier molecular flexibility index (Phi) is 6.42. The van der Waals surface area contributed by atoms with Crippen molar-refractivity contribution in [1.82, 2.24) is 0 Å². The van der Waals surface area contributed by atoms with Gasteiger partial charge in [-0.15, -0.1) is 0 Å². The predicted octanol–water partition coefficient (Wildman–Crippen LogP) is 4.97. The van der Waals surface area contributed by atoms with Gasteiger partial charge >= 0.3 is 0 Å². The molecule has 0 saturated carbocycles. The maximum Gasteiger partial charge on any atom is 0.264 e. The van der Waals surface area contributed by atoms with Gasteiger partial charge in [0.15, 0.2) is 0 Å². The highest BCUT2D eigenvalue weighted by molar-refractivity contribution is 7.92. The Bertz CT molecular complexity index is 1120. The Hall–Kier alpha value is -2.61. The molecule has 3 rings (SSSR count). The van der Waals surface area contributed by atoms with Crippen LogP contribution in [0.4, 0.5) is 15.8 Å². The van der Waals surface area contributed by atoms with Crippen molar-refractivity contribution in [3.8, 4) is 0 Å². The Morgan fingerprint density at radius 1 is 0.931 bits per heavy atom. The predicted molar refractivity (Wildman–Crippen MR) is 112 cm³/mol. The number of halogens is 3. The second-order valence-corrected chi connectivity index (χ2v) is 8.75. The van der Waals surface area contributed by atoms with Crippen molar-refractivity contribution in [2.24, 2.45) is 0 Å². The van der Waals surface area contributed by atoms with Gasteiger partial charge in [-0.1, -0.05) is 47.5 Å². The summed E-state index contributed by atoms with van der Waals surface area (Å²) < 4.78 is 40.6. The molecule has 9 heteroatoms. The van der Waals surface area contributed by atoms with Gasteiger partial charge < -0.3 is 5.32 Å². The zero-order valence-corrected chi connectivity index (χ0v) is 17.2. The number of sulfonamides is 1. The summed E-state index contributed by atoms with van der Waals surface area (Å²) in [4.78, 5) is 12.5. The van der Waals surface area contributed by atoms with Gasteiger partial charge in [-0.3, -0.25) is 9.10 Å². The molecular formula is C20H15Cl2FN2O3S. The molecule has 0 atom stereocenters. The standard InChI is InChI=1S/C20H15Cl2FN2O3S/c21-14-9-15(22)11-18(10-14)25(29(27,28)19-7-2-1-3-8-19)13-20(26)24-17-6-4-5-16(23)12-17/h1-12H,13H2,(H,24,26). The largest absolute Gasteiger partial charge is 0.324 e. The van der Waals surface area contributed by atoms with Crippen molar-refractivity contribution in [2.75, 3.05) is 16.2 Å². The van der Waals surface area contributed by atoms with Crippen molar-refractivity contribution in [3.05, 3.63) is 88.7 Å². The lowest BCUT2D eigenvalue weighted by molar-refractivity contribution is -0.114. The van der Waals surface area contributed by atoms with Gasteiger partial charge in [0.25, 0.3) is 10.0 Å². The molecule has 0 aliphatic rings. The molecule has 0 unspecified atom stereocenters. The van der Waals surface area contributed by atoms with E-state index in [0.717, 1.165) is 10.4 Å². The van der Waals surface area contributed by atoms with Crippen LogP contribution in [-0.2, 0) is 14.8 Å². The van der Waals surface area contributed by atoms with Crippen LogP contribution in [0, 0.1) is 5.82 Å². The van der Waals surface area contributed by atoms with Crippen LogP contribution in [0.25, 0.3) is 0 Å². The van der Waals surface area contributed by atoms with Gasteiger partial charge in [0.2, 0.25) is 5.91 Å². The molecule has 0 spiro atoms. The number of hydrogen-bond donors (Lipinski definition) is 1. The Balaban J connectivity index is 1.98. The van der Waals surface area contributed by atoms with Gasteiger partial charge in [0.1, 0.15) is 12.4 Å². The van der Waals surface area contributed by atoms with Crippen LogP contribution >= 0.6 is 23.2 Å². The number of nitrogens with one attached hydrogen (secondary N) is 1. The smallest absolute Gasteiger partial charge is 0.264 e. The van der Waals surface area contributed by atoms with Crippen molar-refractivity contribution in [1.29, 1.82) is 0 Å². The molecule has 0 aliphatic carbocycles. The summed E-state index contributed by atoms with van der Waals surface area (Å²) in [5.74, 6) is -1.19. The van der Waals surface area contributed by atoms with Crippen LogP contribution in [-0.4, -0.2) is 20.9 Å². The van der Waals surface area contributed by atoms with Crippen molar-refractivity contribution < 1.29 is 17.6 Å². The van der Waals surface area contributed by atoms with Crippen molar-refractivity contribution in [2.45, 2.75) is 4.90 Å². The highest BCUT2D eigenvalue weighted by Crippen LogP contribution is 2.29. The molecule has 1 N–H and O–H groups in total. The number of carbonyl (C=O) groups excluding carboxylic acids is 1. The maximum atomic E-state index is 13.4. The lowest BCUT2D eigenvalue weighted by atomic mass is 10.3. The van der Waals surface area contributed by atoms with Crippen LogP contribution in [0.3, 0.4) is 0 Å². The summed E-state index contributed by atoms with van der Waals surface area (Å²) >= 11 is 12.1. The second kappa shape index (κ2) is 8.82. The average Bonchev–Trinajstić information content (AvgIpc) is 2.66. The Labute approximate surface area is 177 Å². The Morgan fingerprint density at radius 2 is 1.59 bits per heavy atom. The fourth-order valence-corrected chi connectivity index (χ4v) is 4.56. The molecule has 0 radical (unpaired) electrons. The lowest BCUT2D eigenvalue weighted by Gasteiger charge is -2.24. The number of amides is 1. The molecule has 0 aromatic heterocycles. The van der Waals surface area contributed by atoms with Crippen LogP contribution in [0.15, 0.2) is 77.7 Å². The molecule has 0 heterocycles. The lowest BCUT2D eigenvalue weighted by Crippen LogP contribution is -2.38. The van der Waals surface area contributed by atoms with E-state index in [2.05, 4.69) is 5.32 Å². The first-order chi connectivity index (χ1) is 13.8. The minimum Gasteiger partial charge on any atom is -0.324 e. The third kappa shape index (κ3) is 5.26. The van der Waals surface area contributed by atoms with E-state index in [0.29, 0.717) is 0 Å². The van der Waals surface area contributed by atoms with Crippen LogP contribution in [0.2, 0.25) is 10.0 Å². The van der Waals surface area contributed by atoms with E-state index in [4.69, 9.17) is 23.2 Å². The zero-order valence-electron chi connectivity index (χ0n) is 14.8. The summed E-state index contributed by atoms with van der Waals surface area (Å²) in [6, 6.07) is 17.2. The van der Waals surface area contributed by atoms with Gasteiger partial charge in [-0.05, 0) is 48.5 Å². The summed E-state index contributed by atoms with van der Waals surface area (Å²) in [5.41, 5.74) is 0.330. The normalized spacial score (nSPS) is 11.1. The number of benzene rings is 3.